The summed E-state index contributed by atoms with van der Waals surface area (Å²) >= 11 is 0. The first kappa shape index (κ1) is 9.78. The van der Waals surface area contributed by atoms with Crippen molar-refractivity contribution >= 4 is 5.97 Å². The lowest BCUT2D eigenvalue weighted by molar-refractivity contribution is 0.0696. The standard InChI is InChI=1S/C11H13O2/c1-8(2)6-9-4-3-5-10(7-9)11(12)13/h4-5,7-8H,6H2,1-2H3,(H,12,13). The van der Waals surface area contributed by atoms with Crippen LogP contribution in [0.1, 0.15) is 29.8 Å². The molecule has 2 heteroatoms. The molecule has 0 fully saturated rings. The van der Waals surface area contributed by atoms with E-state index in [0.717, 1.165) is 12.0 Å². The fourth-order valence-electron chi connectivity index (χ4n) is 1.23. The van der Waals surface area contributed by atoms with E-state index >= 15 is 0 Å². The van der Waals surface area contributed by atoms with Gasteiger partial charge in [0.1, 0.15) is 0 Å². The number of aromatic carboxylic acids is 1. The van der Waals surface area contributed by atoms with Crippen LogP contribution in [0.25, 0.3) is 0 Å². The Kier molecular flexibility index (Phi) is 3.07. The third-order valence-corrected chi connectivity index (χ3v) is 1.74. The van der Waals surface area contributed by atoms with Crippen molar-refractivity contribution in [2.45, 2.75) is 20.3 Å². The first-order chi connectivity index (χ1) is 6.09. The van der Waals surface area contributed by atoms with Crippen molar-refractivity contribution in [3.05, 3.63) is 35.4 Å². The van der Waals surface area contributed by atoms with E-state index in [9.17, 15) is 4.79 Å². The summed E-state index contributed by atoms with van der Waals surface area (Å²) in [7, 11) is 0. The number of rotatable bonds is 3. The van der Waals surface area contributed by atoms with Crippen LogP contribution in [0.5, 0.6) is 0 Å². The number of carboxylic acid groups (broad SMARTS) is 1. The Morgan fingerprint density at radius 2 is 2.23 bits per heavy atom. The molecule has 0 aliphatic rings. The van der Waals surface area contributed by atoms with Gasteiger partial charge in [0.2, 0.25) is 0 Å². The topological polar surface area (TPSA) is 37.3 Å². The van der Waals surface area contributed by atoms with Gasteiger partial charge >= 0.3 is 5.97 Å². The van der Waals surface area contributed by atoms with Crippen molar-refractivity contribution in [1.29, 1.82) is 0 Å². The van der Waals surface area contributed by atoms with Gasteiger partial charge in [0.15, 0.2) is 0 Å². The molecule has 1 rings (SSSR count). The molecule has 0 aliphatic heterocycles. The van der Waals surface area contributed by atoms with E-state index in [1.807, 2.05) is 6.07 Å². The van der Waals surface area contributed by atoms with Crippen LogP contribution in [0.3, 0.4) is 0 Å². The second-order valence-electron chi connectivity index (χ2n) is 3.53. The zero-order valence-corrected chi connectivity index (χ0v) is 7.87. The molecule has 1 N–H and O–H groups in total. The number of hydrogen-bond acceptors (Lipinski definition) is 1. The fraction of sp³-hybridized carbons (Fsp3) is 0.364. The van der Waals surface area contributed by atoms with E-state index in [1.54, 1.807) is 6.07 Å². The molecule has 69 valence electrons. The van der Waals surface area contributed by atoms with Crippen LogP contribution in [-0.4, -0.2) is 11.1 Å². The maximum Gasteiger partial charge on any atom is 0.335 e. The van der Waals surface area contributed by atoms with Crippen LogP contribution in [0.2, 0.25) is 0 Å². The van der Waals surface area contributed by atoms with Crippen LogP contribution >= 0.6 is 0 Å². The van der Waals surface area contributed by atoms with Gasteiger partial charge in [-0.25, -0.2) is 4.79 Å². The Labute approximate surface area is 78.2 Å². The highest BCUT2D eigenvalue weighted by atomic mass is 16.4. The van der Waals surface area contributed by atoms with Crippen molar-refractivity contribution in [2.75, 3.05) is 0 Å². The SMILES string of the molecule is CC(C)Cc1c[c]cc(C(=O)O)c1. The Morgan fingerprint density at radius 1 is 1.54 bits per heavy atom. The van der Waals surface area contributed by atoms with Gasteiger partial charge in [-0.05, 0) is 36.1 Å². The monoisotopic (exact) mass is 177 g/mol. The molecular weight excluding hydrogens is 164 g/mol. The van der Waals surface area contributed by atoms with Crippen LogP contribution in [0.4, 0.5) is 0 Å². The average molecular weight is 177 g/mol. The smallest absolute Gasteiger partial charge is 0.335 e. The first-order valence-corrected chi connectivity index (χ1v) is 4.33. The number of benzene rings is 1. The molecule has 0 aliphatic carbocycles. The van der Waals surface area contributed by atoms with Crippen molar-refractivity contribution in [1.82, 2.24) is 0 Å². The lowest BCUT2D eigenvalue weighted by Gasteiger charge is -2.04. The molecule has 2 nitrogen and oxygen atoms in total. The summed E-state index contributed by atoms with van der Waals surface area (Å²) < 4.78 is 0. The molecule has 0 spiro atoms. The third-order valence-electron chi connectivity index (χ3n) is 1.74. The van der Waals surface area contributed by atoms with Crippen LogP contribution in [-0.2, 0) is 6.42 Å². The van der Waals surface area contributed by atoms with Crippen molar-refractivity contribution in [2.24, 2.45) is 5.92 Å². The van der Waals surface area contributed by atoms with Crippen molar-refractivity contribution in [3.8, 4) is 0 Å². The van der Waals surface area contributed by atoms with Gasteiger partial charge in [0, 0.05) is 0 Å². The molecule has 0 atom stereocenters. The molecule has 1 radical (unpaired) electrons. The van der Waals surface area contributed by atoms with Gasteiger partial charge in [-0.1, -0.05) is 19.9 Å². The average Bonchev–Trinajstić information content (AvgIpc) is 2.03. The number of carbonyl (C=O) groups is 1. The first-order valence-electron chi connectivity index (χ1n) is 4.33. The van der Waals surface area contributed by atoms with Crippen LogP contribution in [0.15, 0.2) is 18.2 Å². The molecular formula is C11H13O2. The highest BCUT2D eigenvalue weighted by molar-refractivity contribution is 5.87. The summed E-state index contributed by atoms with van der Waals surface area (Å²) in [5.41, 5.74) is 1.35. The molecule has 0 saturated carbocycles. The molecule has 0 bridgehead atoms. The van der Waals surface area contributed by atoms with Gasteiger partial charge in [0.25, 0.3) is 0 Å². The second kappa shape index (κ2) is 4.08. The molecule has 13 heavy (non-hydrogen) atoms. The zero-order valence-electron chi connectivity index (χ0n) is 7.87. The van der Waals surface area contributed by atoms with Gasteiger partial charge in [-0.3, -0.25) is 0 Å². The predicted octanol–water partition coefficient (Wildman–Crippen LogP) is 2.38. The lowest BCUT2D eigenvalue weighted by Crippen LogP contribution is -1.99. The molecule has 0 heterocycles. The minimum atomic E-state index is -0.887. The summed E-state index contributed by atoms with van der Waals surface area (Å²) in [6.07, 6.45) is 0.900. The fourth-order valence-corrected chi connectivity index (χ4v) is 1.23. The van der Waals surface area contributed by atoms with Gasteiger partial charge in [0.05, 0.1) is 5.56 Å². The van der Waals surface area contributed by atoms with E-state index in [0.29, 0.717) is 11.5 Å². The molecule has 0 saturated heterocycles. The van der Waals surface area contributed by atoms with Gasteiger partial charge in [-0.2, -0.15) is 0 Å². The number of carboxylic acids is 1. The maximum absolute atomic E-state index is 10.6. The highest BCUT2D eigenvalue weighted by Crippen LogP contribution is 2.09. The van der Waals surface area contributed by atoms with E-state index in [4.69, 9.17) is 5.11 Å². The Bertz CT molecular complexity index is 303. The third kappa shape index (κ3) is 2.90. The van der Waals surface area contributed by atoms with Gasteiger partial charge < -0.3 is 5.11 Å². The van der Waals surface area contributed by atoms with Crippen molar-refractivity contribution in [3.63, 3.8) is 0 Å². The predicted molar refractivity (Wildman–Crippen MR) is 50.8 cm³/mol. The summed E-state index contributed by atoms with van der Waals surface area (Å²) in [6, 6.07) is 7.87. The minimum absolute atomic E-state index is 0.318. The summed E-state index contributed by atoms with van der Waals surface area (Å²) in [5, 5.41) is 8.72. The Balaban J connectivity index is 2.85. The molecule has 0 aromatic heterocycles. The second-order valence-corrected chi connectivity index (χ2v) is 3.53. The maximum atomic E-state index is 10.6. The Hall–Kier alpha value is -1.31. The van der Waals surface area contributed by atoms with Crippen LogP contribution in [0, 0.1) is 12.0 Å². The van der Waals surface area contributed by atoms with Crippen LogP contribution < -0.4 is 0 Å². The quantitative estimate of drug-likeness (QED) is 0.769. The van der Waals surface area contributed by atoms with Gasteiger partial charge in [-0.15, -0.1) is 0 Å². The van der Waals surface area contributed by atoms with E-state index in [2.05, 4.69) is 19.9 Å². The highest BCUT2D eigenvalue weighted by Gasteiger charge is 2.04. The summed E-state index contributed by atoms with van der Waals surface area (Å²) in [5.74, 6) is -0.348. The molecule has 0 amide bonds. The summed E-state index contributed by atoms with van der Waals surface area (Å²) in [4.78, 5) is 10.6. The molecule has 0 unspecified atom stereocenters. The zero-order chi connectivity index (χ0) is 9.84. The van der Waals surface area contributed by atoms with E-state index in [-0.39, 0.29) is 0 Å². The summed E-state index contributed by atoms with van der Waals surface area (Å²) in [6.45, 7) is 4.21. The van der Waals surface area contributed by atoms with E-state index in [1.165, 1.54) is 6.07 Å². The largest absolute Gasteiger partial charge is 0.478 e. The Morgan fingerprint density at radius 3 is 2.77 bits per heavy atom. The number of hydrogen-bond donors (Lipinski definition) is 1. The van der Waals surface area contributed by atoms with Crippen molar-refractivity contribution < 1.29 is 9.90 Å². The van der Waals surface area contributed by atoms with E-state index < -0.39 is 5.97 Å². The minimum Gasteiger partial charge on any atom is -0.478 e. The normalized spacial score (nSPS) is 10.4. The lowest BCUT2D eigenvalue weighted by atomic mass is 10.0. The molecule has 1 aromatic carbocycles. The molecule has 1 aromatic rings.